The van der Waals surface area contributed by atoms with E-state index < -0.39 is 5.54 Å². The highest BCUT2D eigenvalue weighted by Gasteiger charge is 2.45. The second-order valence-corrected chi connectivity index (χ2v) is 10.3. The molecule has 1 aliphatic heterocycles. The lowest BCUT2D eigenvalue weighted by Gasteiger charge is -2.34. The fourth-order valence-electron chi connectivity index (χ4n) is 4.99. The second kappa shape index (κ2) is 7.71. The predicted molar refractivity (Wildman–Crippen MR) is 130 cm³/mol. The maximum Gasteiger partial charge on any atom is 0.274 e. The summed E-state index contributed by atoms with van der Waals surface area (Å²) in [6, 6.07) is 13.8. The van der Waals surface area contributed by atoms with Crippen LogP contribution in [0, 0.1) is 13.8 Å². The van der Waals surface area contributed by atoms with E-state index in [1.54, 1.807) is 0 Å². The summed E-state index contributed by atoms with van der Waals surface area (Å²) in [6.45, 7) is 6.85. The predicted octanol–water partition coefficient (Wildman–Crippen LogP) is 6.12. The molecule has 0 spiro atoms. The summed E-state index contributed by atoms with van der Waals surface area (Å²) >= 11 is 7.76. The van der Waals surface area contributed by atoms with Crippen molar-refractivity contribution in [2.75, 3.05) is 6.54 Å². The van der Waals surface area contributed by atoms with Gasteiger partial charge in [-0.1, -0.05) is 35.9 Å². The van der Waals surface area contributed by atoms with Gasteiger partial charge in [-0.2, -0.15) is 0 Å². The zero-order valence-corrected chi connectivity index (χ0v) is 20.2. The van der Waals surface area contributed by atoms with Crippen LogP contribution in [0.3, 0.4) is 0 Å². The molecule has 1 fully saturated rings. The number of aromatic nitrogens is 3. The zero-order valence-electron chi connectivity index (χ0n) is 18.6. The van der Waals surface area contributed by atoms with Gasteiger partial charge in [0.1, 0.15) is 11.5 Å². The number of halogens is 1. The van der Waals surface area contributed by atoms with Crippen molar-refractivity contribution in [2.24, 2.45) is 7.05 Å². The van der Waals surface area contributed by atoms with Crippen LogP contribution < -0.4 is 0 Å². The molecule has 4 aromatic rings. The average Bonchev–Trinajstić information content (AvgIpc) is 3.44. The number of hydrogen-bond donors (Lipinski definition) is 0. The van der Waals surface area contributed by atoms with Gasteiger partial charge in [0.05, 0.1) is 26.5 Å². The summed E-state index contributed by atoms with van der Waals surface area (Å²) in [6.07, 6.45) is 1.80. The number of aryl methyl sites for hydroxylation is 3. The molecular weight excluding hydrogens is 440 g/mol. The molecule has 1 atom stereocenters. The monoisotopic (exact) mass is 464 g/mol. The molecule has 1 aliphatic rings. The minimum absolute atomic E-state index is 0.0481. The van der Waals surface area contributed by atoms with Crippen molar-refractivity contribution in [1.29, 1.82) is 0 Å². The molecule has 0 saturated carbocycles. The maximum absolute atomic E-state index is 13.9. The van der Waals surface area contributed by atoms with Crippen molar-refractivity contribution in [1.82, 2.24) is 19.4 Å². The molecule has 5 nitrogen and oxygen atoms in total. The highest BCUT2D eigenvalue weighted by Crippen LogP contribution is 2.42. The molecule has 32 heavy (non-hydrogen) atoms. The third kappa shape index (κ3) is 3.24. The van der Waals surface area contributed by atoms with Crippen LogP contribution in [0.1, 0.15) is 46.6 Å². The van der Waals surface area contributed by atoms with Crippen LogP contribution in [-0.4, -0.2) is 31.9 Å². The van der Waals surface area contributed by atoms with Gasteiger partial charge in [-0.05, 0) is 62.9 Å². The summed E-state index contributed by atoms with van der Waals surface area (Å²) in [4.78, 5) is 26.4. The maximum atomic E-state index is 13.9. The van der Waals surface area contributed by atoms with Crippen LogP contribution in [0.2, 0.25) is 5.02 Å². The van der Waals surface area contributed by atoms with Crippen molar-refractivity contribution in [2.45, 2.75) is 39.2 Å². The van der Waals surface area contributed by atoms with Crippen LogP contribution in [0.15, 0.2) is 42.5 Å². The van der Waals surface area contributed by atoms with E-state index in [4.69, 9.17) is 16.6 Å². The van der Waals surface area contributed by atoms with Crippen molar-refractivity contribution in [3.05, 3.63) is 69.6 Å². The van der Waals surface area contributed by atoms with Gasteiger partial charge in [0, 0.05) is 18.6 Å². The van der Waals surface area contributed by atoms with E-state index in [-0.39, 0.29) is 5.91 Å². The van der Waals surface area contributed by atoms with Crippen LogP contribution in [0.25, 0.3) is 21.5 Å². The largest absolute Gasteiger partial charge is 0.329 e. The fourth-order valence-corrected chi connectivity index (χ4v) is 6.09. The Morgan fingerprint density at radius 3 is 2.69 bits per heavy atom. The molecule has 7 heteroatoms. The minimum atomic E-state index is -0.500. The summed E-state index contributed by atoms with van der Waals surface area (Å²) in [7, 11) is 2.05. The summed E-state index contributed by atoms with van der Waals surface area (Å²) in [5.41, 5.74) is 4.19. The van der Waals surface area contributed by atoms with Crippen LogP contribution >= 0.6 is 22.9 Å². The van der Waals surface area contributed by atoms with Crippen molar-refractivity contribution in [3.8, 4) is 10.4 Å². The lowest BCUT2D eigenvalue weighted by Crippen LogP contribution is -2.44. The van der Waals surface area contributed by atoms with Gasteiger partial charge >= 0.3 is 0 Å². The van der Waals surface area contributed by atoms with E-state index in [0.717, 1.165) is 45.1 Å². The lowest BCUT2D eigenvalue weighted by atomic mass is 9.97. The van der Waals surface area contributed by atoms with Crippen LogP contribution in [0.4, 0.5) is 0 Å². The number of thiazole rings is 1. The molecule has 1 saturated heterocycles. The molecule has 0 N–H and O–H groups in total. The number of carbonyl (C=O) groups is 1. The Bertz CT molecular complexity index is 1360. The number of amides is 1. The summed E-state index contributed by atoms with van der Waals surface area (Å²) in [5.74, 6) is 0.872. The van der Waals surface area contributed by atoms with Crippen molar-refractivity contribution in [3.63, 3.8) is 0 Å². The van der Waals surface area contributed by atoms with Gasteiger partial charge in [-0.15, -0.1) is 11.3 Å². The Morgan fingerprint density at radius 2 is 1.94 bits per heavy atom. The third-order valence-corrected chi connectivity index (χ3v) is 7.74. The van der Waals surface area contributed by atoms with Gasteiger partial charge in [-0.25, -0.2) is 9.97 Å². The quantitative estimate of drug-likeness (QED) is 0.367. The van der Waals surface area contributed by atoms with E-state index in [1.807, 2.05) is 55.3 Å². The van der Waals surface area contributed by atoms with Gasteiger partial charge in [0.25, 0.3) is 5.91 Å². The highest BCUT2D eigenvalue weighted by atomic mass is 35.5. The molecule has 1 unspecified atom stereocenters. The number of rotatable bonds is 3. The Morgan fingerprint density at radius 1 is 1.16 bits per heavy atom. The Hall–Kier alpha value is -2.70. The van der Waals surface area contributed by atoms with E-state index in [2.05, 4.69) is 29.5 Å². The lowest BCUT2D eigenvalue weighted by molar-refractivity contribution is 0.0595. The molecular formula is C25H25ClN4OS. The summed E-state index contributed by atoms with van der Waals surface area (Å²) in [5, 5.41) is 1.51. The minimum Gasteiger partial charge on any atom is -0.329 e. The third-order valence-electron chi connectivity index (χ3n) is 6.49. The van der Waals surface area contributed by atoms with Gasteiger partial charge in [-0.3, -0.25) is 4.79 Å². The number of carbonyl (C=O) groups excluding carboxylic acids is 1. The molecule has 164 valence electrons. The zero-order chi connectivity index (χ0) is 22.6. The normalized spacial score (nSPS) is 18.6. The molecule has 5 rings (SSSR count). The van der Waals surface area contributed by atoms with Crippen molar-refractivity contribution >= 4 is 39.9 Å². The van der Waals surface area contributed by atoms with Crippen LogP contribution in [-0.2, 0) is 12.6 Å². The first-order valence-electron chi connectivity index (χ1n) is 10.8. The first-order valence-corrected chi connectivity index (χ1v) is 12.0. The fraction of sp³-hybridized carbons (Fsp3) is 0.320. The number of imidazole rings is 1. The van der Waals surface area contributed by atoms with Crippen molar-refractivity contribution < 1.29 is 4.79 Å². The molecule has 0 bridgehead atoms. The Balaban J connectivity index is 1.60. The molecule has 0 aliphatic carbocycles. The molecule has 0 radical (unpaired) electrons. The van der Waals surface area contributed by atoms with Gasteiger partial charge < -0.3 is 9.47 Å². The first-order chi connectivity index (χ1) is 15.3. The van der Waals surface area contributed by atoms with E-state index >= 15 is 0 Å². The molecule has 1 amide bonds. The van der Waals surface area contributed by atoms with Crippen LogP contribution in [0.5, 0.6) is 0 Å². The van der Waals surface area contributed by atoms with Gasteiger partial charge in [0.15, 0.2) is 0 Å². The standard InChI is InChI=1S/C25H25ClN4OS/c1-15-8-5-11-19-21(15)29(4)24(28-19)25(3)12-7-13-30(25)23(31)20-22(32-16(2)27-20)17-9-6-10-18(26)14-17/h5-6,8-11,14H,7,12-13H2,1-4H3. The number of fused-ring (bicyclic) bond motifs is 1. The number of hydrogen-bond acceptors (Lipinski definition) is 4. The highest BCUT2D eigenvalue weighted by molar-refractivity contribution is 7.15. The van der Waals surface area contributed by atoms with Gasteiger partial charge in [0.2, 0.25) is 0 Å². The number of para-hydroxylation sites is 1. The summed E-state index contributed by atoms with van der Waals surface area (Å²) < 4.78 is 2.15. The Kier molecular flexibility index (Phi) is 5.10. The number of nitrogens with zero attached hydrogens (tertiary/aromatic N) is 4. The number of likely N-dealkylation sites (tertiary alicyclic amines) is 1. The SMILES string of the molecule is Cc1nc(C(=O)N2CCCC2(C)c2nc3cccc(C)c3n2C)c(-c2cccc(Cl)c2)s1. The number of benzene rings is 2. The average molecular weight is 465 g/mol. The van der Waals surface area contributed by atoms with E-state index in [1.165, 1.54) is 16.9 Å². The second-order valence-electron chi connectivity index (χ2n) is 8.69. The topological polar surface area (TPSA) is 51.0 Å². The first kappa shape index (κ1) is 21.2. The molecule has 3 heterocycles. The Labute approximate surface area is 196 Å². The molecule has 2 aromatic carbocycles. The smallest absolute Gasteiger partial charge is 0.274 e. The van der Waals surface area contributed by atoms with E-state index in [0.29, 0.717) is 17.3 Å². The van der Waals surface area contributed by atoms with E-state index in [9.17, 15) is 4.79 Å². The molecule has 2 aromatic heterocycles.